The molecule has 6 nitrogen and oxygen atoms in total. The van der Waals surface area contributed by atoms with Crippen LogP contribution in [0.15, 0.2) is 54.7 Å². The predicted octanol–water partition coefficient (Wildman–Crippen LogP) is 2.80. The fourth-order valence-electron chi connectivity index (χ4n) is 5.65. The normalized spacial score (nSPS) is 32.0. The van der Waals surface area contributed by atoms with Gasteiger partial charge in [0, 0.05) is 56.5 Å². The second-order valence-electron chi connectivity index (χ2n) is 9.61. The summed E-state index contributed by atoms with van der Waals surface area (Å²) in [7, 11) is 0. The number of piperidine rings is 2. The third kappa shape index (κ3) is 4.76. The molecule has 6 heteroatoms. The lowest BCUT2D eigenvalue weighted by Crippen LogP contribution is -2.45. The lowest BCUT2D eigenvalue weighted by molar-refractivity contribution is -0.126. The molecule has 0 aliphatic carbocycles. The third-order valence-corrected chi connectivity index (χ3v) is 7.32. The number of fused-ring (bicyclic) bond motifs is 4. The molecule has 5 unspecified atom stereocenters. The molecule has 32 heavy (non-hydrogen) atoms. The number of hydrogen-bond donors (Lipinski definition) is 1. The van der Waals surface area contributed by atoms with Crippen molar-refractivity contribution in [3.05, 3.63) is 65.9 Å². The number of aliphatic hydroxyl groups is 1. The van der Waals surface area contributed by atoms with Crippen LogP contribution in [0.4, 0.5) is 0 Å². The van der Waals surface area contributed by atoms with Crippen LogP contribution in [0.3, 0.4) is 0 Å². The van der Waals surface area contributed by atoms with Crippen molar-refractivity contribution in [2.75, 3.05) is 26.2 Å². The lowest BCUT2D eigenvalue weighted by atomic mass is 9.92. The largest absolute Gasteiger partial charge is 0.387 e. The molecule has 4 bridgehead atoms. The van der Waals surface area contributed by atoms with Gasteiger partial charge in [0.15, 0.2) is 5.78 Å². The van der Waals surface area contributed by atoms with Gasteiger partial charge in [0.25, 0.3) is 0 Å². The van der Waals surface area contributed by atoms with Gasteiger partial charge in [0.1, 0.15) is 0 Å². The summed E-state index contributed by atoms with van der Waals surface area (Å²) in [4.78, 5) is 24.9. The minimum atomic E-state index is -0.290. The van der Waals surface area contributed by atoms with E-state index in [1.165, 1.54) is 18.4 Å². The molecule has 6 heterocycles. The van der Waals surface area contributed by atoms with Gasteiger partial charge in [-0.3, -0.25) is 19.7 Å². The second-order valence-corrected chi connectivity index (χ2v) is 9.61. The number of aliphatic hydroxyl groups excluding tert-OH is 1. The van der Waals surface area contributed by atoms with Gasteiger partial charge in [-0.25, -0.2) is 0 Å². The van der Waals surface area contributed by atoms with Crippen molar-refractivity contribution in [3.8, 4) is 0 Å². The topological polar surface area (TPSA) is 69.6 Å². The molecule has 5 atom stereocenters. The van der Waals surface area contributed by atoms with Gasteiger partial charge < -0.3 is 10.0 Å². The maximum Gasteiger partial charge on any atom is 0.150 e. The zero-order chi connectivity index (χ0) is 21.9. The molecule has 2 aromatic heterocycles. The lowest BCUT2D eigenvalue weighted by Gasteiger charge is -2.31. The summed E-state index contributed by atoms with van der Waals surface area (Å²) in [5.74, 6) is 1.76. The van der Waals surface area contributed by atoms with Gasteiger partial charge in [-0.15, -0.1) is 0 Å². The van der Waals surface area contributed by atoms with E-state index in [2.05, 4.69) is 31.9 Å². The van der Waals surface area contributed by atoms with Crippen LogP contribution in [0.1, 0.15) is 36.8 Å². The molecule has 0 radical (unpaired) electrons. The molecule has 168 valence electrons. The first kappa shape index (κ1) is 21.3. The molecule has 4 saturated heterocycles. The van der Waals surface area contributed by atoms with Crippen LogP contribution in [0.5, 0.6) is 0 Å². The molecule has 0 saturated carbocycles. The van der Waals surface area contributed by atoms with E-state index in [0.29, 0.717) is 17.6 Å². The number of rotatable bonds is 3. The molecular formula is C26H32N4O2. The highest BCUT2D eigenvalue weighted by Crippen LogP contribution is 2.34. The van der Waals surface area contributed by atoms with E-state index in [0.717, 1.165) is 56.7 Å². The molecule has 0 aromatic carbocycles. The van der Waals surface area contributed by atoms with Gasteiger partial charge in [0.05, 0.1) is 12.1 Å². The standard InChI is InChI=1S/2C13H16N2O/c2*16-13-7-11-3-5-15(9-11)12(13)6-10-2-1-4-14-8-10/h1-2,4,8,11-12H,3,5-7,9H2;1-2,4,6,8,11,13,16H,3,5,7,9H2/b;12-6-. The zero-order valence-electron chi connectivity index (χ0n) is 18.5. The highest BCUT2D eigenvalue weighted by atomic mass is 16.3. The molecule has 1 N–H and O–H groups in total. The first-order chi connectivity index (χ1) is 15.7. The van der Waals surface area contributed by atoms with E-state index in [9.17, 15) is 9.90 Å². The van der Waals surface area contributed by atoms with Crippen molar-refractivity contribution in [1.82, 2.24) is 19.8 Å². The number of aromatic nitrogens is 2. The molecule has 2 aromatic rings. The van der Waals surface area contributed by atoms with Crippen molar-refractivity contribution >= 4 is 11.9 Å². The highest BCUT2D eigenvalue weighted by molar-refractivity contribution is 5.85. The average Bonchev–Trinajstić information content (AvgIpc) is 3.40. The molecule has 4 aliphatic rings. The number of pyridine rings is 2. The van der Waals surface area contributed by atoms with Crippen LogP contribution in [-0.2, 0) is 11.2 Å². The van der Waals surface area contributed by atoms with Crippen molar-refractivity contribution in [3.63, 3.8) is 0 Å². The quantitative estimate of drug-likeness (QED) is 0.804. The summed E-state index contributed by atoms with van der Waals surface area (Å²) in [6.07, 6.45) is 14.0. The third-order valence-electron chi connectivity index (χ3n) is 7.32. The van der Waals surface area contributed by atoms with Crippen molar-refractivity contribution in [2.24, 2.45) is 11.8 Å². The van der Waals surface area contributed by atoms with E-state index in [-0.39, 0.29) is 12.1 Å². The summed E-state index contributed by atoms with van der Waals surface area (Å²) >= 11 is 0. The van der Waals surface area contributed by atoms with Crippen LogP contribution in [0.25, 0.3) is 6.08 Å². The molecule has 4 fully saturated rings. The summed E-state index contributed by atoms with van der Waals surface area (Å²) in [6, 6.07) is 8.06. The van der Waals surface area contributed by atoms with E-state index < -0.39 is 0 Å². The minimum absolute atomic E-state index is 0.114. The van der Waals surface area contributed by atoms with Gasteiger partial charge in [-0.2, -0.15) is 0 Å². The van der Waals surface area contributed by atoms with Crippen LogP contribution in [0.2, 0.25) is 0 Å². The number of ketones is 1. The number of hydrogen-bond acceptors (Lipinski definition) is 6. The Balaban J connectivity index is 0.000000135. The van der Waals surface area contributed by atoms with Gasteiger partial charge in [0.2, 0.25) is 0 Å². The van der Waals surface area contributed by atoms with E-state index in [4.69, 9.17) is 0 Å². The summed E-state index contributed by atoms with van der Waals surface area (Å²) < 4.78 is 0. The Morgan fingerprint density at radius 2 is 1.84 bits per heavy atom. The first-order valence-electron chi connectivity index (χ1n) is 11.9. The van der Waals surface area contributed by atoms with E-state index >= 15 is 0 Å². The van der Waals surface area contributed by atoms with E-state index in [1.807, 2.05) is 30.6 Å². The minimum Gasteiger partial charge on any atom is -0.387 e. The van der Waals surface area contributed by atoms with Crippen molar-refractivity contribution in [2.45, 2.75) is 44.2 Å². The average molecular weight is 433 g/mol. The number of carbonyl (C=O) groups excluding carboxylic acids is 1. The molecule has 0 amide bonds. The Hall–Kier alpha value is -2.57. The molecule has 6 rings (SSSR count). The van der Waals surface area contributed by atoms with E-state index in [1.54, 1.807) is 12.4 Å². The molecule has 0 spiro atoms. The number of Topliss-reactive ketones (excluding diaryl/α,β-unsaturated/α-hetero) is 1. The maximum atomic E-state index is 12.0. The molecular weight excluding hydrogens is 400 g/mol. The summed E-state index contributed by atoms with van der Waals surface area (Å²) in [5.41, 5.74) is 3.31. The fourth-order valence-corrected chi connectivity index (χ4v) is 5.65. The predicted molar refractivity (Wildman–Crippen MR) is 124 cm³/mol. The molecule has 4 aliphatic heterocycles. The Morgan fingerprint density at radius 3 is 2.62 bits per heavy atom. The van der Waals surface area contributed by atoms with Crippen LogP contribution in [-0.4, -0.2) is 69.0 Å². The SMILES string of the molecule is O=C1CC2CCN(C2)C1Cc1cccnc1.OC1CC2CCN(C2)/C1=C\c1cccnc1. The van der Waals surface area contributed by atoms with Crippen molar-refractivity contribution in [1.29, 1.82) is 0 Å². The number of carbonyl (C=O) groups is 1. The first-order valence-corrected chi connectivity index (χ1v) is 11.9. The fraction of sp³-hybridized carbons (Fsp3) is 0.500. The second kappa shape index (κ2) is 9.51. The highest BCUT2D eigenvalue weighted by Gasteiger charge is 2.39. The zero-order valence-corrected chi connectivity index (χ0v) is 18.5. The van der Waals surface area contributed by atoms with Crippen LogP contribution >= 0.6 is 0 Å². The Morgan fingerprint density at radius 1 is 1.03 bits per heavy atom. The maximum absolute atomic E-state index is 12.0. The van der Waals surface area contributed by atoms with Gasteiger partial charge in [-0.1, -0.05) is 12.1 Å². The summed E-state index contributed by atoms with van der Waals surface area (Å²) in [6.45, 7) is 4.43. The van der Waals surface area contributed by atoms with Crippen molar-refractivity contribution < 1.29 is 9.90 Å². The Labute approximate surface area is 190 Å². The smallest absolute Gasteiger partial charge is 0.150 e. The Kier molecular flexibility index (Phi) is 6.32. The van der Waals surface area contributed by atoms with Crippen LogP contribution in [0, 0.1) is 11.8 Å². The Bertz CT molecular complexity index is 949. The summed E-state index contributed by atoms with van der Waals surface area (Å²) in [5, 5.41) is 10.1. The van der Waals surface area contributed by atoms with Gasteiger partial charge in [-0.05, 0) is 73.4 Å². The monoisotopic (exact) mass is 432 g/mol. The van der Waals surface area contributed by atoms with Gasteiger partial charge >= 0.3 is 0 Å². The number of nitrogens with zero attached hydrogens (tertiary/aromatic N) is 4. The van der Waals surface area contributed by atoms with Crippen LogP contribution < -0.4 is 0 Å².